The number of rotatable bonds is 6. The summed E-state index contributed by atoms with van der Waals surface area (Å²) in [6, 6.07) is 16.4. The molecule has 0 aliphatic heterocycles. The fourth-order valence-corrected chi connectivity index (χ4v) is 2.55. The van der Waals surface area contributed by atoms with Crippen LogP contribution in [0.3, 0.4) is 0 Å². The fraction of sp³-hybridized carbons (Fsp3) is 0.316. The molecule has 4 heteroatoms. The molecule has 122 valence electrons. The van der Waals surface area contributed by atoms with E-state index in [0.717, 1.165) is 12.0 Å². The molecule has 0 fully saturated rings. The molecule has 0 saturated heterocycles. The predicted molar refractivity (Wildman–Crippen MR) is 91.5 cm³/mol. The Hall–Kier alpha value is -1.84. The number of halogens is 1. The third-order valence-electron chi connectivity index (χ3n) is 3.91. The van der Waals surface area contributed by atoms with Gasteiger partial charge in [-0.25, -0.2) is 4.79 Å². The van der Waals surface area contributed by atoms with E-state index in [1.54, 1.807) is 24.3 Å². The number of carbonyl (C=O) groups is 1. The summed E-state index contributed by atoms with van der Waals surface area (Å²) >= 11 is 5.98. The Morgan fingerprint density at radius 3 is 2.17 bits per heavy atom. The van der Waals surface area contributed by atoms with Gasteiger partial charge in [0.25, 0.3) is 0 Å². The van der Waals surface area contributed by atoms with Crippen LogP contribution >= 0.6 is 11.6 Å². The van der Waals surface area contributed by atoms with Gasteiger partial charge in [0, 0.05) is 12.1 Å². The van der Waals surface area contributed by atoms with Gasteiger partial charge in [-0.1, -0.05) is 61.0 Å². The van der Waals surface area contributed by atoms with Crippen molar-refractivity contribution in [2.24, 2.45) is 0 Å². The van der Waals surface area contributed by atoms with Crippen molar-refractivity contribution in [2.45, 2.75) is 32.0 Å². The molecule has 0 heterocycles. The van der Waals surface area contributed by atoms with Crippen molar-refractivity contribution in [3.05, 3.63) is 70.7 Å². The van der Waals surface area contributed by atoms with Gasteiger partial charge in [-0.05, 0) is 36.6 Å². The molecule has 2 aromatic carbocycles. The third-order valence-corrected chi connectivity index (χ3v) is 4.16. The van der Waals surface area contributed by atoms with Crippen LogP contribution in [0, 0.1) is 0 Å². The van der Waals surface area contributed by atoms with E-state index in [1.807, 2.05) is 44.2 Å². The molecule has 2 aromatic rings. The van der Waals surface area contributed by atoms with Crippen molar-refractivity contribution >= 4 is 17.6 Å². The molecule has 0 aliphatic carbocycles. The molecule has 0 amide bonds. The first-order chi connectivity index (χ1) is 11.0. The van der Waals surface area contributed by atoms with E-state index in [-0.39, 0.29) is 6.10 Å². The summed E-state index contributed by atoms with van der Waals surface area (Å²) in [5.74, 6) is -0.428. The zero-order chi connectivity index (χ0) is 16.9. The molecular weight excluding hydrogens is 312 g/mol. The maximum atomic E-state index is 13.0. The topological polar surface area (TPSA) is 35.5 Å². The highest BCUT2D eigenvalue weighted by Gasteiger charge is 2.44. The Bertz CT molecular complexity index is 639. The second-order valence-corrected chi connectivity index (χ2v) is 5.82. The highest BCUT2D eigenvalue weighted by atomic mass is 35.5. The Kier molecular flexibility index (Phi) is 5.80. The molecule has 0 radical (unpaired) electrons. The van der Waals surface area contributed by atoms with Gasteiger partial charge in [-0.3, -0.25) is 0 Å². The lowest BCUT2D eigenvalue weighted by molar-refractivity contribution is -0.170. The van der Waals surface area contributed by atoms with Gasteiger partial charge < -0.3 is 9.47 Å². The van der Waals surface area contributed by atoms with Crippen LogP contribution in [-0.4, -0.2) is 19.2 Å². The third kappa shape index (κ3) is 3.57. The molecule has 2 rings (SSSR count). The van der Waals surface area contributed by atoms with Crippen LogP contribution in [0.25, 0.3) is 0 Å². The molecule has 0 aromatic heterocycles. The highest BCUT2D eigenvalue weighted by Crippen LogP contribution is 2.35. The van der Waals surface area contributed by atoms with Gasteiger partial charge in [0.2, 0.25) is 5.60 Å². The quantitative estimate of drug-likeness (QED) is 0.727. The minimum absolute atomic E-state index is 0.187. The maximum Gasteiger partial charge on any atom is 0.348 e. The van der Waals surface area contributed by atoms with Gasteiger partial charge in [0.1, 0.15) is 0 Å². The Labute approximate surface area is 142 Å². The number of esters is 1. The molecule has 0 saturated carbocycles. The van der Waals surface area contributed by atoms with E-state index in [4.69, 9.17) is 21.1 Å². The van der Waals surface area contributed by atoms with E-state index in [9.17, 15) is 4.79 Å². The second kappa shape index (κ2) is 7.62. The highest BCUT2D eigenvalue weighted by molar-refractivity contribution is 6.30. The van der Waals surface area contributed by atoms with Crippen molar-refractivity contribution in [3.63, 3.8) is 0 Å². The standard InChI is InChI=1S/C19H21ClO3/c1-4-14(2)23-18(21)19(22-3,15-8-6-5-7-9-15)16-10-12-17(20)13-11-16/h5-14H,4H2,1-3H3. The second-order valence-electron chi connectivity index (χ2n) is 5.38. The normalized spacial score (nSPS) is 14.8. The average Bonchev–Trinajstić information content (AvgIpc) is 2.58. The van der Waals surface area contributed by atoms with Crippen LogP contribution in [0.1, 0.15) is 31.4 Å². The first-order valence-corrected chi connectivity index (χ1v) is 8.00. The zero-order valence-electron chi connectivity index (χ0n) is 13.6. The van der Waals surface area contributed by atoms with Gasteiger partial charge in [-0.2, -0.15) is 0 Å². The van der Waals surface area contributed by atoms with E-state index in [2.05, 4.69) is 0 Å². The first kappa shape index (κ1) is 17.5. The lowest BCUT2D eigenvalue weighted by atomic mass is 9.86. The van der Waals surface area contributed by atoms with Gasteiger partial charge in [0.15, 0.2) is 0 Å². The maximum absolute atomic E-state index is 13.0. The van der Waals surface area contributed by atoms with Crippen molar-refractivity contribution in [1.29, 1.82) is 0 Å². The van der Waals surface area contributed by atoms with Gasteiger partial charge in [-0.15, -0.1) is 0 Å². The molecule has 2 atom stereocenters. The number of carbonyl (C=O) groups excluding carboxylic acids is 1. The van der Waals surface area contributed by atoms with Crippen molar-refractivity contribution in [2.75, 3.05) is 7.11 Å². The van der Waals surface area contributed by atoms with Crippen molar-refractivity contribution in [3.8, 4) is 0 Å². The van der Waals surface area contributed by atoms with Crippen LogP contribution < -0.4 is 0 Å². The molecule has 0 spiro atoms. The minimum Gasteiger partial charge on any atom is -0.460 e. The Morgan fingerprint density at radius 1 is 1.09 bits per heavy atom. The number of hydrogen-bond acceptors (Lipinski definition) is 3. The molecule has 0 N–H and O–H groups in total. The molecule has 0 bridgehead atoms. The molecular formula is C19H21ClO3. The summed E-state index contributed by atoms with van der Waals surface area (Å²) in [5.41, 5.74) is 0.0944. The van der Waals surface area contributed by atoms with Crippen LogP contribution in [-0.2, 0) is 19.9 Å². The van der Waals surface area contributed by atoms with Gasteiger partial charge in [0.05, 0.1) is 6.10 Å². The number of hydrogen-bond donors (Lipinski definition) is 0. The molecule has 2 unspecified atom stereocenters. The van der Waals surface area contributed by atoms with E-state index in [1.165, 1.54) is 7.11 Å². The van der Waals surface area contributed by atoms with Crippen LogP contribution in [0.4, 0.5) is 0 Å². The summed E-state index contributed by atoms with van der Waals surface area (Å²) in [6.07, 6.45) is 0.550. The van der Waals surface area contributed by atoms with E-state index in [0.29, 0.717) is 10.6 Å². The molecule has 0 aliphatic rings. The smallest absolute Gasteiger partial charge is 0.348 e. The van der Waals surface area contributed by atoms with Gasteiger partial charge >= 0.3 is 5.97 Å². The number of methoxy groups -OCH3 is 1. The lowest BCUT2D eigenvalue weighted by Gasteiger charge is -2.32. The molecule has 23 heavy (non-hydrogen) atoms. The number of ether oxygens (including phenoxy) is 2. The predicted octanol–water partition coefficient (Wildman–Crippen LogP) is 4.57. The Balaban J connectivity index is 2.57. The molecule has 3 nitrogen and oxygen atoms in total. The first-order valence-electron chi connectivity index (χ1n) is 7.62. The monoisotopic (exact) mass is 332 g/mol. The SMILES string of the molecule is CCC(C)OC(=O)C(OC)(c1ccccc1)c1ccc(Cl)cc1. The average molecular weight is 333 g/mol. The van der Waals surface area contributed by atoms with Crippen molar-refractivity contribution in [1.82, 2.24) is 0 Å². The Morgan fingerprint density at radius 2 is 1.65 bits per heavy atom. The summed E-state index contributed by atoms with van der Waals surface area (Å²) in [4.78, 5) is 13.0. The lowest BCUT2D eigenvalue weighted by Crippen LogP contribution is -2.41. The summed E-state index contributed by atoms with van der Waals surface area (Å²) in [5, 5.41) is 0.599. The zero-order valence-corrected chi connectivity index (χ0v) is 14.3. The van der Waals surface area contributed by atoms with Crippen LogP contribution in [0.2, 0.25) is 5.02 Å². The number of benzene rings is 2. The minimum atomic E-state index is -1.31. The summed E-state index contributed by atoms with van der Waals surface area (Å²) < 4.78 is 11.3. The fourth-order valence-electron chi connectivity index (χ4n) is 2.43. The largest absolute Gasteiger partial charge is 0.460 e. The summed E-state index contributed by atoms with van der Waals surface area (Å²) in [6.45, 7) is 3.84. The van der Waals surface area contributed by atoms with Crippen LogP contribution in [0.5, 0.6) is 0 Å². The van der Waals surface area contributed by atoms with E-state index >= 15 is 0 Å². The van der Waals surface area contributed by atoms with Crippen molar-refractivity contribution < 1.29 is 14.3 Å². The van der Waals surface area contributed by atoms with E-state index < -0.39 is 11.6 Å². The summed E-state index contributed by atoms with van der Waals surface area (Å²) in [7, 11) is 1.51. The van der Waals surface area contributed by atoms with Crippen LogP contribution in [0.15, 0.2) is 54.6 Å².